The first kappa shape index (κ1) is 19.0. The van der Waals surface area contributed by atoms with E-state index in [1.807, 2.05) is 44.0 Å². The van der Waals surface area contributed by atoms with Crippen LogP contribution in [0.15, 0.2) is 34.4 Å². The fourth-order valence-electron chi connectivity index (χ4n) is 5.80. The van der Waals surface area contributed by atoms with Gasteiger partial charge in [0.1, 0.15) is 12.2 Å². The Kier molecular flexibility index (Phi) is 3.93. The second-order valence-electron chi connectivity index (χ2n) is 9.41. The number of hydrogen-bond donors (Lipinski definition) is 0. The zero-order valence-corrected chi connectivity index (χ0v) is 18.5. The minimum Gasteiger partial charge on any atom is -0.447 e. The Morgan fingerprint density at radius 3 is 2.79 bits per heavy atom. The van der Waals surface area contributed by atoms with Crippen LogP contribution in [0.3, 0.4) is 0 Å². The molecule has 2 aliphatic heterocycles. The second-order valence-corrected chi connectivity index (χ2v) is 10.3. The number of amides is 2. The first-order chi connectivity index (χ1) is 13.7. The molecule has 2 heterocycles. The summed E-state index contributed by atoms with van der Waals surface area (Å²) in [4.78, 5) is 29.0. The first-order valence-electron chi connectivity index (χ1n) is 10.2. The third-order valence-corrected chi connectivity index (χ3v) is 7.23. The quantitative estimate of drug-likeness (QED) is 0.584. The van der Waals surface area contributed by atoms with E-state index in [1.54, 1.807) is 4.90 Å². The van der Waals surface area contributed by atoms with Gasteiger partial charge in [-0.15, -0.1) is 0 Å². The highest BCUT2D eigenvalue weighted by Crippen LogP contribution is 2.73. The average molecular weight is 461 g/mol. The lowest BCUT2D eigenvalue weighted by molar-refractivity contribution is 0.0503. The van der Waals surface area contributed by atoms with Crippen LogP contribution in [0.2, 0.25) is 0 Å². The summed E-state index contributed by atoms with van der Waals surface area (Å²) in [5.41, 5.74) is 2.09. The van der Waals surface area contributed by atoms with E-state index in [0.717, 1.165) is 41.4 Å². The molecule has 2 aliphatic carbocycles. The number of rotatable bonds is 1. The number of carbonyl (C=O) groups excluding carboxylic acids is 2. The van der Waals surface area contributed by atoms with Crippen molar-refractivity contribution in [1.29, 1.82) is 0 Å². The van der Waals surface area contributed by atoms with Gasteiger partial charge in [-0.05, 0) is 75.8 Å². The van der Waals surface area contributed by atoms with Crippen LogP contribution in [0.5, 0.6) is 0 Å². The number of anilines is 1. The van der Waals surface area contributed by atoms with Gasteiger partial charge < -0.3 is 9.47 Å². The summed E-state index contributed by atoms with van der Waals surface area (Å²) >= 11 is 3.61. The molecule has 1 aromatic rings. The molecule has 0 spiro atoms. The van der Waals surface area contributed by atoms with Crippen LogP contribution in [0.4, 0.5) is 15.3 Å². The number of nitrogens with zero attached hydrogens (tertiary/aromatic N) is 2. The normalized spacial score (nSPS) is 31.3. The molecule has 0 radical (unpaired) electrons. The lowest BCUT2D eigenvalue weighted by Crippen LogP contribution is -2.66. The minimum absolute atomic E-state index is 0.113. The SMILES string of the molecule is CC(C)(C)OC(=O)N1c2ccc(Br)cc2[C@]23CCC[C@]12/C(=C\N1CCOC1=O)C3. The number of carbonyl (C=O) groups is 2. The number of hydrogen-bond acceptors (Lipinski definition) is 4. The Labute approximate surface area is 178 Å². The van der Waals surface area contributed by atoms with Gasteiger partial charge in [-0.25, -0.2) is 9.59 Å². The van der Waals surface area contributed by atoms with Gasteiger partial charge in [-0.1, -0.05) is 15.9 Å². The molecule has 2 saturated carbocycles. The molecule has 154 valence electrons. The van der Waals surface area contributed by atoms with Crippen LogP contribution < -0.4 is 4.90 Å². The number of halogens is 1. The lowest BCUT2D eigenvalue weighted by atomic mass is 9.52. The molecular formula is C22H25BrN2O4. The number of ether oxygens (including phenoxy) is 2. The molecule has 2 amide bonds. The third-order valence-electron chi connectivity index (χ3n) is 6.73. The summed E-state index contributed by atoms with van der Waals surface area (Å²) in [6, 6.07) is 6.14. The Balaban J connectivity index is 1.65. The van der Waals surface area contributed by atoms with E-state index in [2.05, 4.69) is 22.0 Å². The standard InChI is InChI=1S/C22H25BrN2O4/c1-20(2,3)29-19(27)25-17-6-5-15(23)11-16(17)21-7-4-8-22(21,25)14(12-21)13-24-9-10-28-18(24)26/h5-6,11,13H,4,7-10,12H2,1-3H3/b14-13-/t21-,22-/m1/s1. The Bertz CT molecular complexity index is 953. The first-order valence-corrected chi connectivity index (χ1v) is 11.0. The van der Waals surface area contributed by atoms with E-state index in [0.29, 0.717) is 13.2 Å². The van der Waals surface area contributed by atoms with Crippen LogP contribution in [0.1, 0.15) is 52.0 Å². The maximum atomic E-state index is 13.4. The number of fused-ring (bicyclic) bond motifs is 1. The van der Waals surface area contributed by atoms with E-state index in [-0.39, 0.29) is 17.6 Å². The highest BCUT2D eigenvalue weighted by molar-refractivity contribution is 9.10. The molecule has 0 bridgehead atoms. The van der Waals surface area contributed by atoms with Crippen LogP contribution in [-0.4, -0.2) is 41.4 Å². The highest BCUT2D eigenvalue weighted by atomic mass is 79.9. The molecule has 29 heavy (non-hydrogen) atoms. The van der Waals surface area contributed by atoms with Gasteiger partial charge in [0.05, 0.1) is 17.8 Å². The van der Waals surface area contributed by atoms with Crippen molar-refractivity contribution in [3.8, 4) is 0 Å². The van der Waals surface area contributed by atoms with Gasteiger partial charge in [0.15, 0.2) is 0 Å². The molecule has 2 atom stereocenters. The van der Waals surface area contributed by atoms with E-state index < -0.39 is 11.1 Å². The van der Waals surface area contributed by atoms with Gasteiger partial charge in [-0.2, -0.15) is 0 Å². The van der Waals surface area contributed by atoms with Crippen molar-refractivity contribution in [2.75, 3.05) is 18.1 Å². The third kappa shape index (κ3) is 2.46. The average Bonchev–Trinajstić information content (AvgIpc) is 3.18. The molecule has 6 nitrogen and oxygen atoms in total. The minimum atomic E-state index is -0.584. The predicted molar refractivity (Wildman–Crippen MR) is 112 cm³/mol. The van der Waals surface area contributed by atoms with Crippen molar-refractivity contribution in [1.82, 2.24) is 4.90 Å². The zero-order chi connectivity index (χ0) is 20.6. The molecule has 3 fully saturated rings. The van der Waals surface area contributed by atoms with Crippen LogP contribution in [-0.2, 0) is 14.9 Å². The summed E-state index contributed by atoms with van der Waals surface area (Å²) in [6.45, 7) is 6.63. The maximum Gasteiger partial charge on any atom is 0.415 e. The van der Waals surface area contributed by atoms with Gasteiger partial charge in [0.2, 0.25) is 0 Å². The molecule has 0 aromatic heterocycles. The smallest absolute Gasteiger partial charge is 0.415 e. The number of cyclic esters (lactones) is 1. The molecular weight excluding hydrogens is 436 g/mol. The monoisotopic (exact) mass is 460 g/mol. The van der Waals surface area contributed by atoms with Gasteiger partial charge in [0.25, 0.3) is 0 Å². The Morgan fingerprint density at radius 2 is 2.10 bits per heavy atom. The summed E-state index contributed by atoms with van der Waals surface area (Å²) < 4.78 is 12.0. The fraction of sp³-hybridized carbons (Fsp3) is 0.545. The van der Waals surface area contributed by atoms with Crippen LogP contribution in [0, 0.1) is 0 Å². The molecule has 0 N–H and O–H groups in total. The lowest BCUT2D eigenvalue weighted by Gasteiger charge is -2.56. The van der Waals surface area contributed by atoms with Gasteiger partial charge >= 0.3 is 12.2 Å². The maximum absolute atomic E-state index is 13.4. The van der Waals surface area contributed by atoms with Crippen molar-refractivity contribution >= 4 is 33.8 Å². The van der Waals surface area contributed by atoms with Crippen molar-refractivity contribution in [2.45, 2.75) is 63.0 Å². The molecule has 5 rings (SSSR count). The number of benzene rings is 1. The summed E-state index contributed by atoms with van der Waals surface area (Å²) in [5.74, 6) is 0. The van der Waals surface area contributed by atoms with E-state index in [9.17, 15) is 9.59 Å². The molecule has 1 aromatic carbocycles. The molecule has 1 saturated heterocycles. The molecule has 4 aliphatic rings. The van der Waals surface area contributed by atoms with Crippen LogP contribution >= 0.6 is 15.9 Å². The highest BCUT2D eigenvalue weighted by Gasteiger charge is 2.74. The largest absolute Gasteiger partial charge is 0.447 e. The summed E-state index contributed by atoms with van der Waals surface area (Å²) in [7, 11) is 0. The molecule has 7 heteroatoms. The van der Waals surface area contributed by atoms with Crippen molar-refractivity contribution in [3.63, 3.8) is 0 Å². The Hall–Kier alpha value is -2.02. The topological polar surface area (TPSA) is 59.1 Å². The van der Waals surface area contributed by atoms with Crippen molar-refractivity contribution in [3.05, 3.63) is 40.0 Å². The van der Waals surface area contributed by atoms with Crippen molar-refractivity contribution in [2.24, 2.45) is 0 Å². The molecule has 0 unspecified atom stereocenters. The van der Waals surface area contributed by atoms with E-state index in [1.165, 1.54) is 5.56 Å². The predicted octanol–water partition coefficient (Wildman–Crippen LogP) is 5.10. The van der Waals surface area contributed by atoms with Gasteiger partial charge in [-0.3, -0.25) is 9.80 Å². The van der Waals surface area contributed by atoms with E-state index in [4.69, 9.17) is 9.47 Å². The Morgan fingerprint density at radius 1 is 1.31 bits per heavy atom. The van der Waals surface area contributed by atoms with Crippen LogP contribution in [0.25, 0.3) is 0 Å². The van der Waals surface area contributed by atoms with Crippen molar-refractivity contribution < 1.29 is 19.1 Å². The van der Waals surface area contributed by atoms with Gasteiger partial charge in [0, 0.05) is 16.1 Å². The fourth-order valence-corrected chi connectivity index (χ4v) is 6.16. The zero-order valence-electron chi connectivity index (χ0n) is 17.0. The van der Waals surface area contributed by atoms with E-state index >= 15 is 0 Å². The summed E-state index contributed by atoms with van der Waals surface area (Å²) in [6.07, 6.45) is 5.07. The summed E-state index contributed by atoms with van der Waals surface area (Å²) in [5, 5.41) is 0. The second kappa shape index (κ2) is 6.00.